The first-order chi connectivity index (χ1) is 5.38. The molecule has 0 spiro atoms. The van der Waals surface area contributed by atoms with E-state index in [-0.39, 0.29) is 0 Å². The third-order valence-corrected chi connectivity index (χ3v) is 4.36. The second kappa shape index (κ2) is 3.45. The van der Waals surface area contributed by atoms with Crippen molar-refractivity contribution in [3.8, 4) is 0 Å². The van der Waals surface area contributed by atoms with Gasteiger partial charge in [-0.05, 0) is 11.3 Å². The fourth-order valence-electron chi connectivity index (χ4n) is 2.44. The normalized spacial score (nSPS) is 40.0. The molecule has 2 rings (SSSR count). The van der Waals surface area contributed by atoms with Gasteiger partial charge in [0.15, 0.2) is 0 Å². The maximum absolute atomic E-state index is 3.48. The summed E-state index contributed by atoms with van der Waals surface area (Å²) in [5.41, 5.74) is 0. The van der Waals surface area contributed by atoms with Crippen molar-refractivity contribution in [1.29, 1.82) is 0 Å². The molecule has 0 saturated carbocycles. The van der Waals surface area contributed by atoms with Gasteiger partial charge < -0.3 is 10.2 Å². The standard InChI is InChI=1S/C8H15N2.Al.2H/c1-2-5-10-6-4-9-7-8(10)3-1;;;/h5,8-9H,1-4,6-7H2;;;/t8-;;;/m0.../s1. The minimum absolute atomic E-state index is 0.889. The molecule has 0 unspecified atom stereocenters. The van der Waals surface area contributed by atoms with Gasteiger partial charge in [0.2, 0.25) is 16.3 Å². The minimum Gasteiger partial charge on any atom is -0.314 e. The van der Waals surface area contributed by atoms with Crippen molar-refractivity contribution in [2.75, 3.05) is 19.6 Å². The van der Waals surface area contributed by atoms with Gasteiger partial charge in [-0.15, -0.1) is 0 Å². The molecular weight excluding hydrogens is 151 g/mol. The highest BCUT2D eigenvalue weighted by atomic mass is 27.0. The Hall–Kier alpha value is 0.452. The molecule has 1 N–H and O–H groups in total. The van der Waals surface area contributed by atoms with Crippen LogP contribution >= 0.6 is 0 Å². The number of nitrogens with one attached hydrogen (secondary N) is 1. The van der Waals surface area contributed by atoms with E-state index in [2.05, 4.69) is 10.2 Å². The van der Waals surface area contributed by atoms with Crippen LogP contribution in [0.2, 0.25) is 0 Å². The van der Waals surface area contributed by atoms with Crippen LogP contribution in [0, 0.1) is 0 Å². The third-order valence-electron chi connectivity index (χ3n) is 3.12. The Labute approximate surface area is 76.8 Å². The SMILES string of the molecule is [AlH2][C@H]1CCC[C@H]2CNCCN21. The van der Waals surface area contributed by atoms with E-state index in [4.69, 9.17) is 0 Å². The highest BCUT2D eigenvalue weighted by molar-refractivity contribution is 6.11. The molecule has 0 radical (unpaired) electrons. The van der Waals surface area contributed by atoms with Crippen LogP contribution in [0.1, 0.15) is 19.3 Å². The summed E-state index contributed by atoms with van der Waals surface area (Å²) in [6.07, 6.45) is 4.38. The van der Waals surface area contributed by atoms with E-state index in [1.807, 2.05) is 0 Å². The molecule has 2 atom stereocenters. The molecular formula is C8H17AlN2. The zero-order valence-corrected chi connectivity index (χ0v) is 9.34. The summed E-state index contributed by atoms with van der Waals surface area (Å²) >= 11 is 1.37. The molecule has 0 aliphatic carbocycles. The van der Waals surface area contributed by atoms with Gasteiger partial charge in [0.25, 0.3) is 0 Å². The summed E-state index contributed by atoms with van der Waals surface area (Å²) in [4.78, 5) is 3.72. The average Bonchev–Trinajstić information content (AvgIpc) is 2.06. The van der Waals surface area contributed by atoms with Gasteiger partial charge >= 0.3 is 0 Å². The lowest BCUT2D eigenvalue weighted by atomic mass is 10.0. The Morgan fingerprint density at radius 3 is 3.09 bits per heavy atom. The van der Waals surface area contributed by atoms with Crippen molar-refractivity contribution >= 4 is 16.3 Å². The van der Waals surface area contributed by atoms with Gasteiger partial charge in [0.05, 0.1) is 0 Å². The van der Waals surface area contributed by atoms with Crippen molar-refractivity contribution in [3.05, 3.63) is 0 Å². The van der Waals surface area contributed by atoms with Crippen LogP contribution < -0.4 is 5.32 Å². The van der Waals surface area contributed by atoms with E-state index in [1.54, 1.807) is 0 Å². The minimum atomic E-state index is 0.889. The number of rotatable bonds is 0. The summed E-state index contributed by atoms with van der Waals surface area (Å²) in [7, 11) is 0. The molecule has 0 aromatic rings. The Balaban J connectivity index is 1.99. The van der Waals surface area contributed by atoms with Crippen molar-refractivity contribution in [2.45, 2.75) is 30.2 Å². The molecule has 0 bridgehead atoms. The lowest BCUT2D eigenvalue weighted by Crippen LogP contribution is -2.57. The Morgan fingerprint density at radius 1 is 1.36 bits per heavy atom. The largest absolute Gasteiger partial charge is 0.314 e. The quantitative estimate of drug-likeness (QED) is 0.486. The zero-order valence-electron chi connectivity index (χ0n) is 7.34. The molecule has 2 aliphatic rings. The van der Waals surface area contributed by atoms with E-state index in [9.17, 15) is 0 Å². The first-order valence-corrected chi connectivity index (χ1v) is 6.00. The molecule has 0 aromatic heterocycles. The number of fused-ring (bicyclic) bond motifs is 1. The second-order valence-electron chi connectivity index (χ2n) is 3.88. The van der Waals surface area contributed by atoms with E-state index >= 15 is 0 Å². The number of piperazine rings is 1. The van der Waals surface area contributed by atoms with Crippen molar-refractivity contribution in [1.82, 2.24) is 10.2 Å². The lowest BCUT2D eigenvalue weighted by molar-refractivity contribution is 0.100. The van der Waals surface area contributed by atoms with Crippen LogP contribution in [0.5, 0.6) is 0 Å². The monoisotopic (exact) mass is 168 g/mol. The van der Waals surface area contributed by atoms with Gasteiger partial charge in [-0.25, -0.2) is 0 Å². The number of nitrogens with zero attached hydrogens (tertiary/aromatic N) is 1. The molecule has 2 nitrogen and oxygen atoms in total. The summed E-state index contributed by atoms with van der Waals surface area (Å²) in [6.45, 7) is 3.77. The Bertz CT molecular complexity index is 138. The van der Waals surface area contributed by atoms with Gasteiger partial charge in [0.1, 0.15) is 0 Å². The van der Waals surface area contributed by atoms with Crippen LogP contribution in [-0.4, -0.2) is 51.8 Å². The van der Waals surface area contributed by atoms with Crippen LogP contribution in [-0.2, 0) is 0 Å². The molecule has 2 aliphatic heterocycles. The van der Waals surface area contributed by atoms with Crippen LogP contribution in [0.4, 0.5) is 0 Å². The molecule has 2 saturated heterocycles. The van der Waals surface area contributed by atoms with Crippen LogP contribution in [0.3, 0.4) is 0 Å². The van der Waals surface area contributed by atoms with Gasteiger partial charge in [-0.3, -0.25) is 0 Å². The van der Waals surface area contributed by atoms with Gasteiger partial charge in [-0.1, -0.05) is 12.8 Å². The summed E-state index contributed by atoms with van der Waals surface area (Å²) in [6, 6.07) is 0.889. The fraction of sp³-hybridized carbons (Fsp3) is 1.00. The van der Waals surface area contributed by atoms with Crippen molar-refractivity contribution < 1.29 is 0 Å². The number of hydrogen-bond donors (Lipinski definition) is 1. The molecule has 11 heavy (non-hydrogen) atoms. The molecule has 2 fully saturated rings. The van der Waals surface area contributed by atoms with Crippen molar-refractivity contribution in [2.24, 2.45) is 0 Å². The van der Waals surface area contributed by atoms with Crippen molar-refractivity contribution in [3.63, 3.8) is 0 Å². The maximum atomic E-state index is 3.48. The topological polar surface area (TPSA) is 15.3 Å². The summed E-state index contributed by atoms with van der Waals surface area (Å²) < 4.78 is 0. The maximum Gasteiger partial charge on any atom is 0.239 e. The Kier molecular flexibility index (Phi) is 2.53. The van der Waals surface area contributed by atoms with Crippen LogP contribution in [0.15, 0.2) is 0 Å². The molecule has 62 valence electrons. The Morgan fingerprint density at radius 2 is 2.27 bits per heavy atom. The predicted molar refractivity (Wildman–Crippen MR) is 49.5 cm³/mol. The van der Waals surface area contributed by atoms with E-state index in [0.717, 1.165) is 10.9 Å². The van der Waals surface area contributed by atoms with E-state index in [1.165, 1.54) is 55.2 Å². The fourth-order valence-corrected chi connectivity index (χ4v) is 3.53. The summed E-state index contributed by atoms with van der Waals surface area (Å²) in [5, 5.41) is 3.48. The number of hydrogen-bond acceptors (Lipinski definition) is 2. The van der Waals surface area contributed by atoms with E-state index < -0.39 is 0 Å². The smallest absolute Gasteiger partial charge is 0.239 e. The van der Waals surface area contributed by atoms with Crippen LogP contribution in [0.25, 0.3) is 0 Å². The predicted octanol–water partition coefficient (Wildman–Crippen LogP) is -0.597. The zero-order chi connectivity index (χ0) is 7.68. The highest BCUT2D eigenvalue weighted by Crippen LogP contribution is 2.21. The molecule has 0 aromatic carbocycles. The van der Waals surface area contributed by atoms with Gasteiger partial charge in [0, 0.05) is 25.7 Å². The molecule has 0 amide bonds. The first kappa shape index (κ1) is 8.07. The first-order valence-electron chi connectivity index (χ1n) is 4.84. The highest BCUT2D eigenvalue weighted by Gasteiger charge is 2.28. The summed E-state index contributed by atoms with van der Waals surface area (Å²) in [5.74, 6) is 0. The number of piperidine rings is 1. The van der Waals surface area contributed by atoms with E-state index in [0.29, 0.717) is 0 Å². The molecule has 3 heteroatoms. The van der Waals surface area contributed by atoms with Gasteiger partial charge in [-0.2, -0.15) is 0 Å². The molecule has 2 heterocycles. The average molecular weight is 168 g/mol. The third kappa shape index (κ3) is 1.62. The second-order valence-corrected chi connectivity index (χ2v) is 5.21. The lowest BCUT2D eigenvalue weighted by Gasteiger charge is -2.44.